The van der Waals surface area contributed by atoms with E-state index in [2.05, 4.69) is 15.3 Å². The summed E-state index contributed by atoms with van der Waals surface area (Å²) < 4.78 is 21.3. The number of hydrogen-bond donors (Lipinski definition) is 1. The second kappa shape index (κ2) is 6.84. The Morgan fingerprint density at radius 2 is 2.15 bits per heavy atom. The van der Waals surface area contributed by atoms with Gasteiger partial charge in [-0.2, -0.15) is 4.39 Å². The summed E-state index contributed by atoms with van der Waals surface area (Å²) in [5.74, 6) is -1.04. The monoisotopic (exact) mass is 354 g/mol. The highest BCUT2D eigenvalue weighted by atomic mass is 19.1. The highest BCUT2D eigenvalue weighted by Gasteiger charge is 2.31. The van der Waals surface area contributed by atoms with E-state index in [1.807, 2.05) is 19.1 Å². The van der Waals surface area contributed by atoms with Gasteiger partial charge in [-0.15, -0.1) is 0 Å². The van der Waals surface area contributed by atoms with Crippen molar-refractivity contribution in [2.45, 2.75) is 19.4 Å². The summed E-state index contributed by atoms with van der Waals surface area (Å²) in [5, 5.41) is 2.89. The van der Waals surface area contributed by atoms with Crippen molar-refractivity contribution in [2.24, 2.45) is 5.92 Å². The van der Waals surface area contributed by atoms with Gasteiger partial charge in [0.25, 0.3) is 5.91 Å². The summed E-state index contributed by atoms with van der Waals surface area (Å²) >= 11 is 0. The fraction of sp³-hybridized carbons (Fsp3) is 0.316. The van der Waals surface area contributed by atoms with Crippen LogP contribution in [0.3, 0.4) is 0 Å². The van der Waals surface area contributed by atoms with E-state index in [1.165, 1.54) is 4.40 Å². The van der Waals surface area contributed by atoms with Crippen LogP contribution in [0.4, 0.5) is 4.39 Å². The maximum absolute atomic E-state index is 14.5. The molecule has 7 heteroatoms. The molecule has 6 nitrogen and oxygen atoms in total. The lowest BCUT2D eigenvalue weighted by atomic mass is 9.95. The van der Waals surface area contributed by atoms with Gasteiger partial charge in [0.05, 0.1) is 19.3 Å². The number of aryl methyl sites for hydroxylation is 1. The van der Waals surface area contributed by atoms with Crippen molar-refractivity contribution in [3.05, 3.63) is 65.6 Å². The lowest BCUT2D eigenvalue weighted by molar-refractivity contribution is 0.0916. The van der Waals surface area contributed by atoms with E-state index < -0.39 is 11.9 Å². The van der Waals surface area contributed by atoms with Gasteiger partial charge in [0.15, 0.2) is 5.69 Å². The van der Waals surface area contributed by atoms with Crippen LogP contribution in [0, 0.1) is 18.8 Å². The molecule has 1 fully saturated rings. The number of pyridine rings is 2. The van der Waals surface area contributed by atoms with Crippen LogP contribution < -0.4 is 5.32 Å². The van der Waals surface area contributed by atoms with Crippen molar-refractivity contribution in [2.75, 3.05) is 13.2 Å². The molecule has 4 rings (SSSR count). The first-order chi connectivity index (χ1) is 12.6. The SMILES string of the molecule is Cc1ccn2c(F)c(C(=O)N[C@H]3COC[C@H]3Cc3ccncc3)nc2c1. The van der Waals surface area contributed by atoms with Crippen LogP contribution in [0.15, 0.2) is 42.9 Å². The van der Waals surface area contributed by atoms with E-state index in [9.17, 15) is 9.18 Å². The lowest BCUT2D eigenvalue weighted by Gasteiger charge is -2.18. The zero-order valence-electron chi connectivity index (χ0n) is 14.4. The molecule has 0 spiro atoms. The largest absolute Gasteiger partial charge is 0.379 e. The molecule has 3 aromatic heterocycles. The first-order valence-corrected chi connectivity index (χ1v) is 8.53. The average Bonchev–Trinajstić information content (AvgIpc) is 3.20. The summed E-state index contributed by atoms with van der Waals surface area (Å²) in [4.78, 5) is 20.7. The van der Waals surface area contributed by atoms with E-state index in [0.29, 0.717) is 18.9 Å². The summed E-state index contributed by atoms with van der Waals surface area (Å²) in [7, 11) is 0. The molecule has 1 N–H and O–H groups in total. The zero-order valence-corrected chi connectivity index (χ0v) is 14.4. The van der Waals surface area contributed by atoms with Gasteiger partial charge in [-0.1, -0.05) is 0 Å². The Morgan fingerprint density at radius 3 is 2.96 bits per heavy atom. The fourth-order valence-electron chi connectivity index (χ4n) is 3.28. The highest BCUT2D eigenvalue weighted by Crippen LogP contribution is 2.20. The molecule has 0 radical (unpaired) electrons. The molecular formula is C19H19FN4O2. The van der Waals surface area contributed by atoms with Crippen LogP contribution in [0.1, 0.15) is 21.6 Å². The average molecular weight is 354 g/mol. The normalized spacial score (nSPS) is 19.8. The smallest absolute Gasteiger partial charge is 0.274 e. The summed E-state index contributed by atoms with van der Waals surface area (Å²) in [5.41, 5.74) is 2.31. The molecule has 1 amide bonds. The number of amides is 1. The maximum Gasteiger partial charge on any atom is 0.274 e. The number of fused-ring (bicyclic) bond motifs is 1. The number of hydrogen-bond acceptors (Lipinski definition) is 4. The minimum atomic E-state index is -0.651. The summed E-state index contributed by atoms with van der Waals surface area (Å²) in [6.45, 7) is 2.86. The van der Waals surface area contributed by atoms with Crippen LogP contribution >= 0.6 is 0 Å². The Labute approximate surface area is 150 Å². The quantitative estimate of drug-likeness (QED) is 0.780. The van der Waals surface area contributed by atoms with Gasteiger partial charge in [-0.3, -0.25) is 14.2 Å². The van der Waals surface area contributed by atoms with Crippen molar-refractivity contribution in [1.82, 2.24) is 19.7 Å². The molecule has 26 heavy (non-hydrogen) atoms. The van der Waals surface area contributed by atoms with Gasteiger partial charge < -0.3 is 10.1 Å². The van der Waals surface area contributed by atoms with Gasteiger partial charge >= 0.3 is 0 Å². The van der Waals surface area contributed by atoms with Gasteiger partial charge in [0.1, 0.15) is 5.65 Å². The Morgan fingerprint density at radius 1 is 1.35 bits per heavy atom. The van der Waals surface area contributed by atoms with Gasteiger partial charge in [0, 0.05) is 24.5 Å². The molecule has 3 aromatic rings. The minimum Gasteiger partial charge on any atom is -0.379 e. The number of aromatic nitrogens is 3. The molecule has 4 heterocycles. The summed E-state index contributed by atoms with van der Waals surface area (Å²) in [6.07, 6.45) is 5.83. The Bertz CT molecular complexity index is 941. The van der Waals surface area contributed by atoms with Crippen LogP contribution in [-0.4, -0.2) is 39.5 Å². The number of carbonyl (C=O) groups excluding carboxylic acids is 1. The third kappa shape index (κ3) is 3.17. The summed E-state index contributed by atoms with van der Waals surface area (Å²) in [6, 6.07) is 7.23. The second-order valence-corrected chi connectivity index (χ2v) is 6.62. The third-order valence-electron chi connectivity index (χ3n) is 4.70. The molecule has 1 saturated heterocycles. The molecule has 0 bridgehead atoms. The number of rotatable bonds is 4. The number of imidazole rings is 1. The molecule has 0 saturated carbocycles. The first-order valence-electron chi connectivity index (χ1n) is 8.53. The highest BCUT2D eigenvalue weighted by molar-refractivity contribution is 5.93. The minimum absolute atomic E-state index is 0.128. The molecule has 1 aliphatic heterocycles. The number of nitrogens with one attached hydrogen (secondary N) is 1. The lowest BCUT2D eigenvalue weighted by Crippen LogP contribution is -2.41. The fourth-order valence-corrected chi connectivity index (χ4v) is 3.28. The molecule has 1 aliphatic rings. The molecular weight excluding hydrogens is 335 g/mol. The predicted molar refractivity (Wildman–Crippen MR) is 93.4 cm³/mol. The van der Waals surface area contributed by atoms with Gasteiger partial charge in [-0.25, -0.2) is 4.98 Å². The van der Waals surface area contributed by atoms with E-state index >= 15 is 0 Å². The first kappa shape index (κ1) is 16.7. The Balaban J connectivity index is 1.51. The van der Waals surface area contributed by atoms with Crippen LogP contribution in [0.2, 0.25) is 0 Å². The second-order valence-electron chi connectivity index (χ2n) is 6.62. The van der Waals surface area contributed by atoms with Crippen LogP contribution in [0.25, 0.3) is 5.65 Å². The standard InChI is InChI=1S/C19H19FN4O2/c1-12-4-7-24-16(8-12)23-17(18(24)20)19(25)22-15-11-26-10-14(15)9-13-2-5-21-6-3-13/h2-8,14-15H,9-11H2,1H3,(H,22,25)/t14-,15+/m1/s1. The third-order valence-corrected chi connectivity index (χ3v) is 4.70. The zero-order chi connectivity index (χ0) is 18.1. The van der Waals surface area contributed by atoms with Crippen molar-refractivity contribution in [3.63, 3.8) is 0 Å². The maximum atomic E-state index is 14.5. The van der Waals surface area contributed by atoms with E-state index in [-0.39, 0.29) is 17.7 Å². The van der Waals surface area contributed by atoms with Gasteiger partial charge in [0.2, 0.25) is 5.95 Å². The molecule has 2 atom stereocenters. The van der Waals surface area contributed by atoms with Gasteiger partial charge in [-0.05, 0) is 48.7 Å². The number of halogens is 1. The molecule has 0 unspecified atom stereocenters. The van der Waals surface area contributed by atoms with Crippen molar-refractivity contribution in [3.8, 4) is 0 Å². The van der Waals surface area contributed by atoms with Crippen LogP contribution in [0.5, 0.6) is 0 Å². The van der Waals surface area contributed by atoms with Crippen molar-refractivity contribution in [1.29, 1.82) is 0 Å². The number of ether oxygens (including phenoxy) is 1. The number of nitrogens with zero attached hydrogens (tertiary/aromatic N) is 3. The van der Waals surface area contributed by atoms with Crippen molar-refractivity contribution >= 4 is 11.6 Å². The molecule has 0 aliphatic carbocycles. The Hall–Kier alpha value is -2.80. The van der Waals surface area contributed by atoms with E-state index in [4.69, 9.17) is 4.74 Å². The van der Waals surface area contributed by atoms with Crippen LogP contribution in [-0.2, 0) is 11.2 Å². The molecule has 134 valence electrons. The van der Waals surface area contributed by atoms with E-state index in [1.54, 1.807) is 30.7 Å². The topological polar surface area (TPSA) is 68.5 Å². The number of carbonyl (C=O) groups is 1. The predicted octanol–water partition coefficient (Wildman–Crippen LogP) is 2.16. The van der Waals surface area contributed by atoms with Crippen molar-refractivity contribution < 1.29 is 13.9 Å². The van der Waals surface area contributed by atoms with E-state index in [0.717, 1.165) is 17.5 Å². The molecule has 0 aromatic carbocycles. The Kier molecular flexibility index (Phi) is 4.38.